The van der Waals surface area contributed by atoms with Gasteiger partial charge in [-0.05, 0) is 18.8 Å². The van der Waals surface area contributed by atoms with E-state index < -0.39 is 71.6 Å². The Kier molecular flexibility index (Phi) is 7.01. The number of halogens is 7. The predicted octanol–water partition coefficient (Wildman–Crippen LogP) is 4.59. The number of piperidine rings is 1. The van der Waals surface area contributed by atoms with Gasteiger partial charge in [0.25, 0.3) is 12.3 Å². The second kappa shape index (κ2) is 9.24. The number of rotatable bonds is 7. The fourth-order valence-electron chi connectivity index (χ4n) is 3.72. The van der Waals surface area contributed by atoms with E-state index in [0.717, 1.165) is 4.90 Å². The van der Waals surface area contributed by atoms with Crippen molar-refractivity contribution in [1.29, 1.82) is 0 Å². The molecule has 1 aliphatic rings. The van der Waals surface area contributed by atoms with Gasteiger partial charge >= 0.3 is 0 Å². The largest absolute Gasteiger partial charge is 0.396 e. The van der Waals surface area contributed by atoms with Crippen molar-refractivity contribution < 1.29 is 35.8 Å². The van der Waals surface area contributed by atoms with Gasteiger partial charge in [-0.3, -0.25) is 0 Å². The molecule has 2 atom stereocenters. The molecule has 0 aliphatic carbocycles. The summed E-state index contributed by atoms with van der Waals surface area (Å²) in [7, 11) is 0. The van der Waals surface area contributed by atoms with Gasteiger partial charge in [-0.1, -0.05) is 13.8 Å². The molecule has 2 heterocycles. The molecule has 12 heteroatoms. The number of fused-ring (bicyclic) bond motifs is 1. The molecule has 2 aromatic rings. The minimum absolute atomic E-state index is 0.0117. The molecule has 1 aliphatic heterocycles. The highest BCUT2D eigenvalue weighted by atomic mass is 19.3. The van der Waals surface area contributed by atoms with Crippen molar-refractivity contribution in [3.05, 3.63) is 23.5 Å². The lowest BCUT2D eigenvalue weighted by Gasteiger charge is -2.37. The third kappa shape index (κ3) is 4.84. The van der Waals surface area contributed by atoms with E-state index in [0.29, 0.717) is 6.07 Å². The van der Waals surface area contributed by atoms with Crippen molar-refractivity contribution in [1.82, 2.24) is 9.97 Å². The average Bonchev–Trinajstić information content (AvgIpc) is 2.70. The molecule has 1 fully saturated rings. The Morgan fingerprint density at radius 3 is 2.44 bits per heavy atom. The van der Waals surface area contributed by atoms with E-state index >= 15 is 0 Å². The maximum Gasteiger partial charge on any atom is 0.270 e. The van der Waals surface area contributed by atoms with E-state index in [4.69, 9.17) is 5.11 Å². The number of hydrogen-bond acceptors (Lipinski definition) is 5. The maximum absolute atomic E-state index is 14.5. The van der Waals surface area contributed by atoms with E-state index in [1.807, 2.05) is 0 Å². The van der Waals surface area contributed by atoms with Crippen LogP contribution in [0.3, 0.4) is 0 Å². The normalized spacial score (nSPS) is 19.8. The first kappa shape index (κ1) is 24.3. The van der Waals surface area contributed by atoms with Gasteiger partial charge in [-0.25, -0.2) is 35.7 Å². The van der Waals surface area contributed by atoms with Crippen LogP contribution in [0, 0.1) is 29.3 Å². The number of aliphatic hydroxyl groups is 1. The zero-order valence-electron chi connectivity index (χ0n) is 17.4. The Labute approximate surface area is 179 Å². The summed E-state index contributed by atoms with van der Waals surface area (Å²) < 4.78 is 98.0. The first-order chi connectivity index (χ1) is 14.9. The molecule has 0 amide bonds. The van der Waals surface area contributed by atoms with Crippen molar-refractivity contribution in [2.24, 2.45) is 11.8 Å². The van der Waals surface area contributed by atoms with Gasteiger partial charge in [0.15, 0.2) is 17.5 Å². The highest BCUT2D eigenvalue weighted by Crippen LogP contribution is 2.36. The number of benzene rings is 1. The summed E-state index contributed by atoms with van der Waals surface area (Å²) in [6, 6.07) is -0.947. The van der Waals surface area contributed by atoms with E-state index in [-0.39, 0.29) is 31.3 Å². The summed E-state index contributed by atoms with van der Waals surface area (Å²) in [6.45, 7) is 1.74. The number of anilines is 2. The topological polar surface area (TPSA) is 61.3 Å². The van der Waals surface area contributed by atoms with Crippen LogP contribution in [0.15, 0.2) is 6.07 Å². The van der Waals surface area contributed by atoms with Crippen LogP contribution in [0.1, 0.15) is 26.7 Å². The van der Waals surface area contributed by atoms with Crippen molar-refractivity contribution >= 4 is 22.7 Å². The molecule has 0 radical (unpaired) electrons. The van der Waals surface area contributed by atoms with Crippen molar-refractivity contribution in [3.63, 3.8) is 0 Å². The third-order valence-electron chi connectivity index (χ3n) is 5.41. The Morgan fingerprint density at radius 1 is 1.19 bits per heavy atom. The zero-order valence-corrected chi connectivity index (χ0v) is 17.4. The van der Waals surface area contributed by atoms with Crippen LogP contribution in [0.4, 0.5) is 42.5 Å². The first-order valence-electron chi connectivity index (χ1n) is 10.1. The monoisotopic (exact) mass is 468 g/mol. The molecule has 5 nitrogen and oxygen atoms in total. The smallest absolute Gasteiger partial charge is 0.270 e. The molecular formula is C20H23F7N4O. The van der Waals surface area contributed by atoms with Gasteiger partial charge in [-0.2, -0.15) is 4.98 Å². The molecule has 0 bridgehead atoms. The minimum Gasteiger partial charge on any atom is -0.396 e. The first-order valence-corrected chi connectivity index (χ1v) is 10.1. The summed E-state index contributed by atoms with van der Waals surface area (Å²) in [5.41, 5.74) is -0.459. The molecular weight excluding hydrogens is 445 g/mol. The number of nitrogens with one attached hydrogen (secondary N) is 1. The predicted molar refractivity (Wildman–Crippen MR) is 105 cm³/mol. The van der Waals surface area contributed by atoms with Crippen LogP contribution < -0.4 is 10.2 Å². The Balaban J connectivity index is 2.11. The highest BCUT2D eigenvalue weighted by molar-refractivity contribution is 5.91. The van der Waals surface area contributed by atoms with Gasteiger partial charge in [0.2, 0.25) is 5.95 Å². The molecule has 178 valence electrons. The van der Waals surface area contributed by atoms with E-state index in [9.17, 15) is 30.7 Å². The Hall–Kier alpha value is -2.37. The number of alkyl halides is 4. The molecule has 1 aromatic carbocycles. The van der Waals surface area contributed by atoms with Crippen molar-refractivity contribution in [2.75, 3.05) is 29.9 Å². The average molecular weight is 468 g/mol. The summed E-state index contributed by atoms with van der Waals surface area (Å²) in [5.74, 6) is -10.8. The Morgan fingerprint density at radius 2 is 1.88 bits per heavy atom. The van der Waals surface area contributed by atoms with E-state index in [2.05, 4.69) is 15.3 Å². The van der Waals surface area contributed by atoms with Crippen LogP contribution in [0.25, 0.3) is 10.9 Å². The van der Waals surface area contributed by atoms with Crippen molar-refractivity contribution in [3.8, 4) is 0 Å². The van der Waals surface area contributed by atoms with E-state index in [1.165, 1.54) is 0 Å². The zero-order chi connectivity index (χ0) is 23.8. The van der Waals surface area contributed by atoms with Crippen LogP contribution in [-0.2, 0) is 0 Å². The molecule has 3 rings (SSSR count). The number of aromatic nitrogens is 2. The fourth-order valence-corrected chi connectivity index (χ4v) is 3.72. The van der Waals surface area contributed by atoms with Gasteiger partial charge in [0.1, 0.15) is 5.82 Å². The van der Waals surface area contributed by atoms with Gasteiger partial charge in [-0.15, -0.1) is 0 Å². The second-order valence-corrected chi connectivity index (χ2v) is 8.32. The lowest BCUT2D eigenvalue weighted by molar-refractivity contribution is -0.0821. The fraction of sp³-hybridized carbons (Fsp3) is 0.600. The number of aliphatic hydroxyl groups excluding tert-OH is 1. The Bertz CT molecular complexity index is 973. The second-order valence-electron chi connectivity index (χ2n) is 8.32. The summed E-state index contributed by atoms with van der Waals surface area (Å²) in [6.07, 6.45) is -3.07. The molecule has 0 spiro atoms. The molecule has 2 N–H and O–H groups in total. The molecule has 0 saturated carbocycles. The van der Waals surface area contributed by atoms with Crippen LogP contribution in [0.2, 0.25) is 0 Å². The van der Waals surface area contributed by atoms with Crippen LogP contribution in [-0.4, -0.2) is 53.2 Å². The molecule has 1 unspecified atom stereocenters. The quantitative estimate of drug-likeness (QED) is 0.460. The molecule has 1 saturated heterocycles. The lowest BCUT2D eigenvalue weighted by atomic mass is 9.94. The maximum atomic E-state index is 14.5. The standard InChI is InChI=1S/C20H23F7N4O/c1-9(2)5-13(17(24)25)28-18-14-12(6-11(21)15(22)16(14)23)29-19(30-18)31-4-3-10(7-32)20(26,27)8-31/h6,9-10,13,17,32H,3-5,7-8H2,1-2H3,(H,28,29,30)/t10?,13-/m0/s1. The van der Waals surface area contributed by atoms with Gasteiger partial charge in [0.05, 0.1) is 30.1 Å². The van der Waals surface area contributed by atoms with Crippen LogP contribution >= 0.6 is 0 Å². The highest BCUT2D eigenvalue weighted by Gasteiger charge is 2.45. The summed E-state index contributed by atoms with van der Waals surface area (Å²) in [4.78, 5) is 8.88. The molecule has 1 aromatic heterocycles. The third-order valence-corrected chi connectivity index (χ3v) is 5.41. The molecule has 32 heavy (non-hydrogen) atoms. The minimum atomic E-state index is -3.30. The van der Waals surface area contributed by atoms with E-state index in [1.54, 1.807) is 13.8 Å². The van der Waals surface area contributed by atoms with Gasteiger partial charge < -0.3 is 15.3 Å². The summed E-state index contributed by atoms with van der Waals surface area (Å²) >= 11 is 0. The lowest BCUT2D eigenvalue weighted by Crippen LogP contribution is -2.50. The van der Waals surface area contributed by atoms with Gasteiger partial charge in [0, 0.05) is 18.5 Å². The van der Waals surface area contributed by atoms with Crippen molar-refractivity contribution in [2.45, 2.75) is 45.1 Å². The SMILES string of the molecule is CC(C)C[C@H](Nc1nc(N2CCC(CO)C(F)(F)C2)nc2cc(F)c(F)c(F)c12)C(F)F. The van der Waals surface area contributed by atoms with Crippen LogP contribution in [0.5, 0.6) is 0 Å². The number of hydrogen-bond donors (Lipinski definition) is 2. The number of nitrogens with zero attached hydrogens (tertiary/aromatic N) is 3. The summed E-state index contributed by atoms with van der Waals surface area (Å²) in [5, 5.41) is 10.9.